The van der Waals surface area contributed by atoms with Crippen LogP contribution < -0.4 is 0 Å². The molecule has 0 N–H and O–H groups in total. The van der Waals surface area contributed by atoms with Crippen LogP contribution in [0.5, 0.6) is 0 Å². The van der Waals surface area contributed by atoms with Gasteiger partial charge in [-0.25, -0.2) is 0 Å². The van der Waals surface area contributed by atoms with E-state index in [1.165, 1.54) is 18.4 Å². The van der Waals surface area contributed by atoms with E-state index in [-0.39, 0.29) is 11.9 Å². The van der Waals surface area contributed by atoms with Crippen molar-refractivity contribution < 1.29 is 4.79 Å². The zero-order chi connectivity index (χ0) is 23.4. The van der Waals surface area contributed by atoms with Crippen LogP contribution in [0.1, 0.15) is 74.4 Å². The Bertz CT molecular complexity index is 994. The van der Waals surface area contributed by atoms with Crippen LogP contribution in [-0.2, 0) is 0 Å². The summed E-state index contributed by atoms with van der Waals surface area (Å²) in [5.41, 5.74) is 6.82. The molecule has 0 unspecified atom stereocenters. The molecule has 1 aromatic carbocycles. The third kappa shape index (κ3) is 5.98. The van der Waals surface area contributed by atoms with Gasteiger partial charge in [0.2, 0.25) is 0 Å². The highest BCUT2D eigenvalue weighted by Crippen LogP contribution is 2.32. The van der Waals surface area contributed by atoms with Crippen molar-refractivity contribution in [1.82, 2.24) is 4.90 Å². The van der Waals surface area contributed by atoms with E-state index in [1.807, 2.05) is 44.9 Å². The fourth-order valence-corrected chi connectivity index (χ4v) is 4.62. The molecule has 2 aliphatic rings. The normalized spacial score (nSPS) is 20.4. The summed E-state index contributed by atoms with van der Waals surface area (Å²) in [6, 6.07) is 3.82. The van der Waals surface area contributed by atoms with Gasteiger partial charge in [-0.3, -0.25) is 14.8 Å². The van der Waals surface area contributed by atoms with Gasteiger partial charge in [0.15, 0.2) is 0 Å². The van der Waals surface area contributed by atoms with Gasteiger partial charge in [0.1, 0.15) is 0 Å². The number of amides is 1. The highest BCUT2D eigenvalue weighted by molar-refractivity contribution is 6.32. The van der Waals surface area contributed by atoms with Gasteiger partial charge in [-0.1, -0.05) is 17.2 Å². The largest absolute Gasteiger partial charge is 0.330 e. The van der Waals surface area contributed by atoms with Gasteiger partial charge in [-0.05, 0) is 102 Å². The van der Waals surface area contributed by atoms with Crippen molar-refractivity contribution in [2.75, 3.05) is 13.6 Å². The van der Waals surface area contributed by atoms with E-state index < -0.39 is 0 Å². The van der Waals surface area contributed by atoms with E-state index >= 15 is 0 Å². The molecule has 0 bridgehead atoms. The standard InChI is InChI=1S/C27H36ClN3O/c1-17(2)13-24(21-10-11-21)30-19(4)16-25(29-6)26-9-7-8-12-31(26)27(32)22-14-18(3)15-23(28)20(22)5/h13-16,21,26H,7-12H2,1-6H3/b19-16+,29-25?,30-24?/t26-/m0/s1. The summed E-state index contributed by atoms with van der Waals surface area (Å²) in [7, 11) is 1.81. The van der Waals surface area contributed by atoms with Gasteiger partial charge in [-0.15, -0.1) is 0 Å². The van der Waals surface area contributed by atoms with Crippen molar-refractivity contribution in [3.63, 3.8) is 0 Å². The summed E-state index contributed by atoms with van der Waals surface area (Å²) in [4.78, 5) is 25.1. The number of halogens is 1. The second kappa shape index (κ2) is 10.6. The van der Waals surface area contributed by atoms with Gasteiger partial charge < -0.3 is 4.90 Å². The lowest BCUT2D eigenvalue weighted by Crippen LogP contribution is -2.47. The van der Waals surface area contributed by atoms with Crippen LogP contribution in [0.2, 0.25) is 5.02 Å². The number of hydrogen-bond acceptors (Lipinski definition) is 3. The molecule has 1 heterocycles. The first-order valence-corrected chi connectivity index (χ1v) is 12.0. The average Bonchev–Trinajstić information content (AvgIpc) is 3.59. The van der Waals surface area contributed by atoms with Crippen molar-refractivity contribution >= 4 is 28.9 Å². The smallest absolute Gasteiger partial charge is 0.254 e. The molecule has 1 saturated carbocycles. The lowest BCUT2D eigenvalue weighted by molar-refractivity contribution is 0.0680. The molecule has 1 amide bonds. The van der Waals surface area contributed by atoms with Crippen LogP contribution in [0.15, 0.2) is 45.5 Å². The molecule has 1 aromatic rings. The highest BCUT2D eigenvalue weighted by Gasteiger charge is 2.31. The van der Waals surface area contributed by atoms with E-state index in [2.05, 4.69) is 31.0 Å². The number of hydrogen-bond donors (Lipinski definition) is 0. The number of nitrogens with zero attached hydrogens (tertiary/aromatic N) is 3. The number of carbonyl (C=O) groups excluding carboxylic acids is 1. The Labute approximate surface area is 198 Å². The summed E-state index contributed by atoms with van der Waals surface area (Å²) in [5.74, 6) is 0.619. The number of piperidine rings is 1. The highest BCUT2D eigenvalue weighted by atomic mass is 35.5. The van der Waals surface area contributed by atoms with Gasteiger partial charge in [-0.2, -0.15) is 0 Å². The number of likely N-dealkylation sites (tertiary alicyclic amines) is 1. The maximum atomic E-state index is 13.6. The first-order chi connectivity index (χ1) is 15.2. The van der Waals surface area contributed by atoms with Crippen LogP contribution in [0.3, 0.4) is 0 Å². The Kier molecular flexibility index (Phi) is 8.10. The third-order valence-electron chi connectivity index (χ3n) is 6.18. The average molecular weight is 454 g/mol. The minimum absolute atomic E-state index is 0.0386. The molecule has 172 valence electrons. The van der Waals surface area contributed by atoms with Crippen LogP contribution in [-0.4, -0.2) is 41.9 Å². The van der Waals surface area contributed by atoms with Crippen molar-refractivity contribution in [3.05, 3.63) is 57.3 Å². The summed E-state index contributed by atoms with van der Waals surface area (Å²) >= 11 is 6.39. The number of benzene rings is 1. The lowest BCUT2D eigenvalue weighted by atomic mass is 9.95. The van der Waals surface area contributed by atoms with Crippen molar-refractivity contribution in [1.29, 1.82) is 0 Å². The SMILES string of the molecule is CN=C(/C=C(\C)N=C(C=C(C)C)C1CC1)[C@@H]1CCCCN1C(=O)c1cc(C)cc(Cl)c1C. The maximum absolute atomic E-state index is 13.6. The summed E-state index contributed by atoms with van der Waals surface area (Å²) < 4.78 is 0. The summed E-state index contributed by atoms with van der Waals surface area (Å²) in [5, 5.41) is 0.642. The van der Waals surface area contributed by atoms with E-state index in [1.54, 1.807) is 0 Å². The fourth-order valence-electron chi connectivity index (χ4n) is 4.35. The maximum Gasteiger partial charge on any atom is 0.254 e. The molecule has 1 aliphatic heterocycles. The second-order valence-corrected chi connectivity index (χ2v) is 9.80. The molecular weight excluding hydrogens is 418 g/mol. The number of allylic oxidation sites excluding steroid dienone is 3. The minimum atomic E-state index is -0.0436. The first-order valence-electron chi connectivity index (χ1n) is 11.7. The van der Waals surface area contributed by atoms with E-state index in [4.69, 9.17) is 16.6 Å². The van der Waals surface area contributed by atoms with Crippen LogP contribution in [0.4, 0.5) is 0 Å². The predicted molar refractivity (Wildman–Crippen MR) is 136 cm³/mol. The monoisotopic (exact) mass is 453 g/mol. The molecule has 0 spiro atoms. The third-order valence-corrected chi connectivity index (χ3v) is 6.57. The number of aliphatic imine (C=N–C) groups is 2. The van der Waals surface area contributed by atoms with Crippen LogP contribution in [0, 0.1) is 19.8 Å². The molecule has 32 heavy (non-hydrogen) atoms. The van der Waals surface area contributed by atoms with E-state index in [0.717, 1.165) is 54.1 Å². The summed E-state index contributed by atoms with van der Waals surface area (Å²) in [6.07, 6.45) is 9.69. The Hall–Kier alpha value is -2.20. The molecule has 3 rings (SSSR count). The zero-order valence-corrected chi connectivity index (χ0v) is 21.1. The fraction of sp³-hybridized carbons (Fsp3) is 0.519. The molecule has 1 atom stereocenters. The van der Waals surface area contributed by atoms with Gasteiger partial charge in [0, 0.05) is 41.5 Å². The second-order valence-electron chi connectivity index (χ2n) is 9.40. The molecule has 1 aliphatic carbocycles. The van der Waals surface area contributed by atoms with Crippen molar-refractivity contribution in [3.8, 4) is 0 Å². The molecule has 2 fully saturated rings. The minimum Gasteiger partial charge on any atom is -0.330 e. The number of carbonyl (C=O) groups is 1. The Morgan fingerprint density at radius 3 is 2.41 bits per heavy atom. The van der Waals surface area contributed by atoms with E-state index in [0.29, 0.717) is 16.5 Å². The number of aryl methyl sites for hydroxylation is 1. The van der Waals surface area contributed by atoms with E-state index in [9.17, 15) is 4.79 Å². The predicted octanol–water partition coefficient (Wildman–Crippen LogP) is 6.74. The molecule has 0 aromatic heterocycles. The van der Waals surface area contributed by atoms with Crippen molar-refractivity contribution in [2.24, 2.45) is 15.9 Å². The Morgan fingerprint density at radius 1 is 1.06 bits per heavy atom. The van der Waals surface area contributed by atoms with Gasteiger partial charge in [0.25, 0.3) is 5.91 Å². The molecule has 4 nitrogen and oxygen atoms in total. The summed E-state index contributed by atoms with van der Waals surface area (Å²) in [6.45, 7) is 10.9. The van der Waals surface area contributed by atoms with Gasteiger partial charge >= 0.3 is 0 Å². The van der Waals surface area contributed by atoms with Gasteiger partial charge in [0.05, 0.1) is 11.8 Å². The molecule has 0 radical (unpaired) electrons. The molecule has 5 heteroatoms. The van der Waals surface area contributed by atoms with Crippen molar-refractivity contribution in [2.45, 2.75) is 72.8 Å². The topological polar surface area (TPSA) is 45.0 Å². The van der Waals surface area contributed by atoms with Crippen LogP contribution in [0.25, 0.3) is 0 Å². The zero-order valence-electron chi connectivity index (χ0n) is 20.3. The van der Waals surface area contributed by atoms with Crippen LogP contribution >= 0.6 is 11.6 Å². The molecular formula is C27H36ClN3O. The lowest BCUT2D eigenvalue weighted by Gasteiger charge is -2.36. The quantitative estimate of drug-likeness (QED) is 0.439. The Balaban J connectivity index is 1.90. The number of rotatable bonds is 6. The Morgan fingerprint density at radius 2 is 1.78 bits per heavy atom. The molecule has 1 saturated heterocycles. The first kappa shape index (κ1) is 24.4.